The molecule has 350 valence electrons. The molecule has 0 aliphatic rings. The average molecular weight is 976 g/mol. The molecule has 3 nitrogen and oxygen atoms in total. The van der Waals surface area contributed by atoms with E-state index in [-0.39, 0.29) is 16.2 Å². The molecule has 4 heterocycles. The van der Waals surface area contributed by atoms with Gasteiger partial charge in [-0.2, -0.15) is 0 Å². The van der Waals surface area contributed by atoms with E-state index < -0.39 is 0 Å². The summed E-state index contributed by atoms with van der Waals surface area (Å²) in [7, 11) is 0. The summed E-state index contributed by atoms with van der Waals surface area (Å²) in [5.41, 5.74) is 16.7. The lowest BCUT2D eigenvalue weighted by Crippen LogP contribution is -2.13. The molecule has 6 heteroatoms. The molecule has 0 unspecified atom stereocenters. The molecule has 0 fully saturated rings. The molecule has 12 rings (SSSR count). The van der Waals surface area contributed by atoms with Gasteiger partial charge in [-0.25, -0.2) is 4.98 Å². The van der Waals surface area contributed by atoms with Crippen LogP contribution in [-0.4, -0.2) is 9.55 Å². The lowest BCUT2D eigenvalue weighted by Gasteiger charge is -2.28. The molecule has 0 amide bonds. The maximum absolute atomic E-state index is 5.12. The highest BCUT2D eigenvalue weighted by Crippen LogP contribution is 2.48. The summed E-state index contributed by atoms with van der Waals surface area (Å²) in [6.07, 6.45) is 0. The van der Waals surface area contributed by atoms with Crippen molar-refractivity contribution in [1.29, 1.82) is 0 Å². The van der Waals surface area contributed by atoms with E-state index in [0.717, 1.165) is 38.8 Å². The zero-order valence-electron chi connectivity index (χ0n) is 41.9. The molecule has 0 aliphatic carbocycles. The van der Waals surface area contributed by atoms with Crippen molar-refractivity contribution < 1.29 is 0 Å². The number of fused-ring (bicyclic) bond motifs is 6. The van der Waals surface area contributed by atoms with Crippen LogP contribution in [0.15, 0.2) is 181 Å². The van der Waals surface area contributed by atoms with E-state index >= 15 is 0 Å². The van der Waals surface area contributed by atoms with Gasteiger partial charge in [-0.3, -0.25) is 0 Å². The molecule has 8 aromatic carbocycles. The first-order valence-electron chi connectivity index (χ1n) is 24.7. The highest BCUT2D eigenvalue weighted by atomic mass is 32.1. The quantitative estimate of drug-likeness (QED) is 0.159. The van der Waals surface area contributed by atoms with Crippen LogP contribution >= 0.6 is 34.0 Å². The molecule has 0 spiro atoms. The van der Waals surface area contributed by atoms with Crippen molar-refractivity contribution >= 4 is 103 Å². The fourth-order valence-corrected chi connectivity index (χ4v) is 13.2. The molecule has 0 bridgehead atoms. The van der Waals surface area contributed by atoms with Crippen LogP contribution in [0.4, 0.5) is 17.1 Å². The van der Waals surface area contributed by atoms with Gasteiger partial charge in [0.1, 0.15) is 5.01 Å². The van der Waals surface area contributed by atoms with Gasteiger partial charge in [-0.15, -0.1) is 34.0 Å². The van der Waals surface area contributed by atoms with Crippen LogP contribution < -0.4 is 4.90 Å². The van der Waals surface area contributed by atoms with Crippen molar-refractivity contribution in [3.05, 3.63) is 198 Å². The fraction of sp³-hybridized carbons (Fsp3) is 0.185. The molecule has 0 saturated heterocycles. The van der Waals surface area contributed by atoms with Gasteiger partial charge < -0.3 is 9.47 Å². The SMILES string of the molecule is CC(C)(C)c1ccc(N(c2cc(-c3cccc4sc(-c5nc6ccccc6s5)cc34)cc(-n3c4ccc(C(C)(C)C)cc4c4cc(C(C)(C)C)ccc43)c2)c2csc3ccc(-c4ccccc4)cc23)cc1. The van der Waals surface area contributed by atoms with Gasteiger partial charge in [0.05, 0.1) is 31.8 Å². The van der Waals surface area contributed by atoms with E-state index in [1.165, 1.54) is 84.9 Å². The second-order valence-corrected chi connectivity index (χ2v) is 25.2. The number of anilines is 3. The van der Waals surface area contributed by atoms with Crippen LogP contribution in [-0.2, 0) is 16.2 Å². The molecular weight excluding hydrogens is 919 g/mol. The van der Waals surface area contributed by atoms with Gasteiger partial charge in [0.25, 0.3) is 0 Å². The summed E-state index contributed by atoms with van der Waals surface area (Å²) in [6, 6.07) is 66.3. The summed E-state index contributed by atoms with van der Waals surface area (Å²) >= 11 is 5.41. The maximum Gasteiger partial charge on any atom is 0.134 e. The third-order valence-electron chi connectivity index (χ3n) is 14.2. The number of para-hydroxylation sites is 1. The Kier molecular flexibility index (Phi) is 10.8. The minimum atomic E-state index is -0.00646. The monoisotopic (exact) mass is 975 g/mol. The fourth-order valence-electron chi connectivity index (χ4n) is 10.2. The highest BCUT2D eigenvalue weighted by Gasteiger charge is 2.25. The van der Waals surface area contributed by atoms with Crippen molar-refractivity contribution in [2.45, 2.75) is 78.6 Å². The average Bonchev–Trinajstić information content (AvgIpc) is 4.16. The summed E-state index contributed by atoms with van der Waals surface area (Å²) < 4.78 is 6.23. The second-order valence-electron chi connectivity index (χ2n) is 22.2. The Morgan fingerprint density at radius 1 is 0.437 bits per heavy atom. The summed E-state index contributed by atoms with van der Waals surface area (Å²) in [5, 5.41) is 8.43. The zero-order chi connectivity index (χ0) is 49.0. The molecule has 12 aromatic rings. The van der Waals surface area contributed by atoms with Crippen LogP contribution in [0.25, 0.3) is 90.0 Å². The van der Waals surface area contributed by atoms with E-state index in [1.807, 2.05) is 22.7 Å². The van der Waals surface area contributed by atoms with E-state index in [1.54, 1.807) is 11.3 Å². The van der Waals surface area contributed by atoms with Gasteiger partial charge in [-0.1, -0.05) is 147 Å². The first-order chi connectivity index (χ1) is 34.0. The van der Waals surface area contributed by atoms with Crippen molar-refractivity contribution in [2.75, 3.05) is 4.90 Å². The largest absolute Gasteiger partial charge is 0.309 e. The molecular formula is C65H57N3S3. The predicted molar refractivity (Wildman–Crippen MR) is 312 cm³/mol. The Bertz CT molecular complexity index is 3890. The Labute approximate surface area is 429 Å². The van der Waals surface area contributed by atoms with Gasteiger partial charge in [0.15, 0.2) is 0 Å². The molecule has 0 aliphatic heterocycles. The number of aromatic nitrogens is 2. The normalized spacial score (nSPS) is 12.6. The van der Waals surface area contributed by atoms with E-state index in [9.17, 15) is 0 Å². The molecule has 0 saturated carbocycles. The maximum atomic E-state index is 5.12. The number of nitrogens with zero attached hydrogens (tertiary/aromatic N) is 3. The highest BCUT2D eigenvalue weighted by molar-refractivity contribution is 7.28. The van der Waals surface area contributed by atoms with Gasteiger partial charge in [-0.05, 0) is 146 Å². The summed E-state index contributed by atoms with van der Waals surface area (Å²) in [5.74, 6) is 0. The Balaban J connectivity index is 1.15. The zero-order valence-corrected chi connectivity index (χ0v) is 44.3. The number of thiazole rings is 1. The Hall–Kier alpha value is -6.83. The smallest absolute Gasteiger partial charge is 0.134 e. The molecule has 4 aromatic heterocycles. The van der Waals surface area contributed by atoms with Gasteiger partial charge >= 0.3 is 0 Å². The van der Waals surface area contributed by atoms with Crippen LogP contribution in [0.3, 0.4) is 0 Å². The Morgan fingerprint density at radius 2 is 1.08 bits per heavy atom. The molecule has 0 N–H and O–H groups in total. The lowest BCUT2D eigenvalue weighted by atomic mass is 9.85. The summed E-state index contributed by atoms with van der Waals surface area (Å²) in [4.78, 5) is 8.82. The minimum Gasteiger partial charge on any atom is -0.309 e. The van der Waals surface area contributed by atoms with Crippen molar-refractivity contribution in [1.82, 2.24) is 9.55 Å². The number of rotatable bonds is 7. The molecule has 0 radical (unpaired) electrons. The van der Waals surface area contributed by atoms with E-state index in [0.29, 0.717) is 0 Å². The van der Waals surface area contributed by atoms with Crippen molar-refractivity contribution in [3.63, 3.8) is 0 Å². The lowest BCUT2D eigenvalue weighted by molar-refractivity contribution is 0.590. The first-order valence-corrected chi connectivity index (χ1v) is 27.2. The third-order valence-corrected chi connectivity index (χ3v) is 17.4. The summed E-state index contributed by atoms with van der Waals surface area (Å²) in [6.45, 7) is 20.8. The second kappa shape index (κ2) is 16.9. The number of thiophene rings is 2. The Morgan fingerprint density at radius 3 is 1.76 bits per heavy atom. The van der Waals surface area contributed by atoms with Gasteiger partial charge in [0, 0.05) is 53.4 Å². The van der Waals surface area contributed by atoms with E-state index in [2.05, 4.69) is 253 Å². The van der Waals surface area contributed by atoms with Crippen LogP contribution in [0.2, 0.25) is 0 Å². The predicted octanol–water partition coefficient (Wildman–Crippen LogP) is 20.2. The number of benzene rings is 8. The number of hydrogen-bond donors (Lipinski definition) is 0. The molecule has 71 heavy (non-hydrogen) atoms. The van der Waals surface area contributed by atoms with E-state index in [4.69, 9.17) is 4.98 Å². The molecule has 0 atom stereocenters. The minimum absolute atomic E-state index is 0.00646. The standard InChI is InChI=1S/C65H57N3S3/c1-63(2,3)43-23-27-46(28-24-43)67(57-39-69-58-31-22-41(34-53(57)58)40-16-11-10-12-17-40)47-32-42(49-18-15-21-59-52(49)38-61(70-59)62-66-54-19-13-14-20-60(54)71-62)33-48(37-47)68-55-29-25-44(64(4,5)6)35-50(55)51-36-45(65(7,8)9)26-30-56(51)68/h10-39H,1-9H3. The third kappa shape index (κ3) is 8.16. The van der Waals surface area contributed by atoms with Crippen LogP contribution in [0.1, 0.15) is 79.0 Å². The number of hydrogen-bond acceptors (Lipinski definition) is 5. The van der Waals surface area contributed by atoms with Crippen LogP contribution in [0, 0.1) is 0 Å². The first kappa shape index (κ1) is 45.3. The van der Waals surface area contributed by atoms with Crippen molar-refractivity contribution in [3.8, 4) is 37.8 Å². The van der Waals surface area contributed by atoms with Crippen LogP contribution in [0.5, 0.6) is 0 Å². The van der Waals surface area contributed by atoms with Gasteiger partial charge in [0.2, 0.25) is 0 Å². The topological polar surface area (TPSA) is 21.1 Å². The van der Waals surface area contributed by atoms with Crippen molar-refractivity contribution in [2.24, 2.45) is 0 Å².